The molecule has 3 amide bonds. The SMILES string of the molecule is CCC(=O)N(C)C(C)C(=O)OC1CC(=O)N(C)c2cc(cc(OC)c2Cl)CC(C)CCCC(OC)C2(O)CC(OC(=O)N2)C(C)C2OC12C. The summed E-state index contributed by atoms with van der Waals surface area (Å²) in [6.45, 7) is 8.93. The molecule has 1 aromatic carbocycles. The second-order valence-electron chi connectivity index (χ2n) is 14.0. The second kappa shape index (κ2) is 15.4. The molecule has 9 atom stereocenters. The summed E-state index contributed by atoms with van der Waals surface area (Å²) in [5.74, 6) is -1.19. The average molecular weight is 710 g/mol. The van der Waals surface area contributed by atoms with E-state index in [4.69, 9.17) is 35.3 Å². The predicted octanol–water partition coefficient (Wildman–Crippen LogP) is 4.23. The molecule has 2 fully saturated rings. The van der Waals surface area contributed by atoms with Crippen molar-refractivity contribution in [3.05, 3.63) is 22.7 Å². The summed E-state index contributed by atoms with van der Waals surface area (Å²) in [7, 11) is 6.14. The van der Waals surface area contributed by atoms with E-state index in [1.807, 2.05) is 19.1 Å². The van der Waals surface area contributed by atoms with Crippen LogP contribution in [0.15, 0.2) is 12.1 Å². The summed E-state index contributed by atoms with van der Waals surface area (Å²) in [5.41, 5.74) is -1.52. The molecule has 3 aliphatic rings. The number of nitrogens with zero attached hydrogens (tertiary/aromatic N) is 2. The Hall–Kier alpha value is -3.13. The monoisotopic (exact) mass is 709 g/mol. The summed E-state index contributed by atoms with van der Waals surface area (Å²) in [4.78, 5) is 55.4. The van der Waals surface area contributed by atoms with Gasteiger partial charge < -0.3 is 38.6 Å². The largest absolute Gasteiger partial charge is 0.495 e. The molecule has 9 unspecified atom stereocenters. The topological polar surface area (TPSA) is 156 Å². The fourth-order valence-corrected chi connectivity index (χ4v) is 7.39. The van der Waals surface area contributed by atoms with Crippen LogP contribution < -0.4 is 15.0 Å². The van der Waals surface area contributed by atoms with Gasteiger partial charge in [-0.15, -0.1) is 0 Å². The van der Waals surface area contributed by atoms with E-state index in [2.05, 4.69) is 12.2 Å². The van der Waals surface area contributed by atoms with Gasteiger partial charge in [0.05, 0.1) is 25.3 Å². The summed E-state index contributed by atoms with van der Waals surface area (Å²) in [6, 6.07) is 2.78. The summed E-state index contributed by atoms with van der Waals surface area (Å²) >= 11 is 6.75. The van der Waals surface area contributed by atoms with Gasteiger partial charge in [0.15, 0.2) is 5.72 Å². The minimum Gasteiger partial charge on any atom is -0.495 e. The van der Waals surface area contributed by atoms with Crippen LogP contribution in [-0.4, -0.2) is 104 Å². The minimum absolute atomic E-state index is 0.0289. The number of alkyl carbamates (subject to hydrolysis) is 1. The number of halogens is 1. The summed E-state index contributed by atoms with van der Waals surface area (Å²) in [6.07, 6.45) is -1.38. The Labute approximate surface area is 293 Å². The quantitative estimate of drug-likeness (QED) is 0.324. The number of fused-ring (bicyclic) bond motifs is 5. The highest BCUT2D eigenvalue weighted by Gasteiger charge is 2.64. The predicted molar refractivity (Wildman–Crippen MR) is 181 cm³/mol. The van der Waals surface area contributed by atoms with Crippen molar-refractivity contribution >= 4 is 41.2 Å². The maximum absolute atomic E-state index is 14.0. The van der Waals surface area contributed by atoms with E-state index in [9.17, 15) is 24.3 Å². The number of carbonyl (C=O) groups excluding carboxylic acids is 4. The molecule has 13 nitrogen and oxygen atoms in total. The average Bonchev–Trinajstić information content (AvgIpc) is 3.76. The van der Waals surface area contributed by atoms with E-state index in [0.717, 1.165) is 12.0 Å². The van der Waals surface area contributed by atoms with Crippen LogP contribution in [0.3, 0.4) is 0 Å². The normalized spacial score (nSPS) is 33.0. The van der Waals surface area contributed by atoms with Crippen molar-refractivity contribution in [3.63, 3.8) is 0 Å². The third kappa shape index (κ3) is 8.27. The van der Waals surface area contributed by atoms with Gasteiger partial charge in [-0.3, -0.25) is 14.9 Å². The van der Waals surface area contributed by atoms with Gasteiger partial charge in [0.2, 0.25) is 11.8 Å². The zero-order valence-electron chi connectivity index (χ0n) is 30.0. The Morgan fingerprint density at radius 3 is 2.51 bits per heavy atom. The molecule has 0 saturated carbocycles. The summed E-state index contributed by atoms with van der Waals surface area (Å²) in [5, 5.41) is 14.6. The number of esters is 1. The van der Waals surface area contributed by atoms with Crippen LogP contribution in [-0.2, 0) is 39.8 Å². The number of ether oxygens (including phenoxy) is 5. The summed E-state index contributed by atoms with van der Waals surface area (Å²) < 4.78 is 29.2. The maximum Gasteiger partial charge on any atom is 0.409 e. The molecule has 4 rings (SSSR count). The van der Waals surface area contributed by atoms with Gasteiger partial charge in [-0.1, -0.05) is 45.2 Å². The molecule has 2 N–H and O–H groups in total. The molecule has 3 heterocycles. The van der Waals surface area contributed by atoms with E-state index in [0.29, 0.717) is 30.7 Å². The number of hydrogen-bond donors (Lipinski definition) is 2. The van der Waals surface area contributed by atoms with Gasteiger partial charge in [-0.05, 0) is 50.3 Å². The first-order valence-electron chi connectivity index (χ1n) is 17.0. The number of epoxide rings is 1. The Morgan fingerprint density at radius 2 is 1.88 bits per heavy atom. The van der Waals surface area contributed by atoms with Crippen LogP contribution >= 0.6 is 11.6 Å². The minimum atomic E-state index is -1.70. The molecular weight excluding hydrogens is 658 g/mol. The Balaban J connectivity index is 1.74. The van der Waals surface area contributed by atoms with Gasteiger partial charge in [-0.25, -0.2) is 9.59 Å². The number of amides is 3. The van der Waals surface area contributed by atoms with Crippen molar-refractivity contribution in [3.8, 4) is 5.75 Å². The number of carbonyl (C=O) groups is 4. The highest BCUT2D eigenvalue weighted by Crippen LogP contribution is 2.49. The molecule has 49 heavy (non-hydrogen) atoms. The highest BCUT2D eigenvalue weighted by molar-refractivity contribution is 6.35. The molecule has 0 spiro atoms. The lowest BCUT2D eigenvalue weighted by molar-refractivity contribution is -0.162. The Morgan fingerprint density at radius 1 is 1.18 bits per heavy atom. The van der Waals surface area contributed by atoms with E-state index in [-0.39, 0.29) is 36.1 Å². The number of methoxy groups -OCH3 is 2. The Bertz CT molecular complexity index is 1410. The van der Waals surface area contributed by atoms with Crippen LogP contribution in [0.25, 0.3) is 0 Å². The van der Waals surface area contributed by atoms with E-state index < -0.39 is 65.7 Å². The molecule has 274 valence electrons. The van der Waals surface area contributed by atoms with Crippen molar-refractivity contribution in [2.24, 2.45) is 11.8 Å². The lowest BCUT2D eigenvalue weighted by atomic mass is 9.83. The number of hydrogen-bond acceptors (Lipinski definition) is 10. The highest BCUT2D eigenvalue weighted by atomic mass is 35.5. The molecule has 0 aromatic heterocycles. The van der Waals surface area contributed by atoms with Crippen LogP contribution in [0, 0.1) is 11.8 Å². The van der Waals surface area contributed by atoms with Crippen molar-refractivity contribution < 1.29 is 48.0 Å². The van der Waals surface area contributed by atoms with E-state index in [1.165, 1.54) is 31.1 Å². The lowest BCUT2D eigenvalue weighted by Gasteiger charge is -2.43. The van der Waals surface area contributed by atoms with Gasteiger partial charge in [0, 0.05) is 40.0 Å². The Kier molecular flexibility index (Phi) is 12.2. The molecule has 0 aliphatic carbocycles. The van der Waals surface area contributed by atoms with Crippen molar-refractivity contribution in [2.45, 2.75) is 121 Å². The van der Waals surface area contributed by atoms with E-state index in [1.54, 1.807) is 27.8 Å². The number of nitrogens with one attached hydrogen (secondary N) is 1. The molecule has 1 aromatic rings. The molecule has 0 radical (unpaired) electrons. The van der Waals surface area contributed by atoms with Gasteiger partial charge in [-0.2, -0.15) is 0 Å². The van der Waals surface area contributed by atoms with Gasteiger partial charge in [0.1, 0.15) is 40.7 Å². The number of rotatable bonds is 6. The molecule has 4 bridgehead atoms. The van der Waals surface area contributed by atoms with Gasteiger partial charge >= 0.3 is 12.1 Å². The first kappa shape index (κ1) is 38.7. The number of benzene rings is 1. The standard InChI is InChI=1S/C35H52ClN3O10/c1-10-28(40)38(6)21(4)32(42)48-27-17-29(41)39(7)23-15-22(16-24(45-8)30(23)36)14-19(2)12-11-13-26(46-9)35(44)18-25(47-33(43)37-35)20(3)31-34(27,5)49-31/h15-16,19-21,25-27,31,44H,10-14,17-18H2,1-9H3,(H,37,43). The zero-order chi connectivity index (χ0) is 36.4. The lowest BCUT2D eigenvalue weighted by Crippen LogP contribution is -2.64. The number of anilines is 1. The van der Waals surface area contributed by atoms with Crippen molar-refractivity contribution in [1.82, 2.24) is 10.2 Å². The number of likely N-dealkylation sites (N-methyl/N-ethyl adjacent to an activating group) is 1. The van der Waals surface area contributed by atoms with Gasteiger partial charge in [0.25, 0.3) is 0 Å². The third-order valence-electron chi connectivity index (χ3n) is 10.5. The second-order valence-corrected chi connectivity index (χ2v) is 14.4. The molecule has 2 saturated heterocycles. The third-order valence-corrected chi connectivity index (χ3v) is 10.9. The van der Waals surface area contributed by atoms with Crippen LogP contribution in [0.1, 0.15) is 78.7 Å². The molecule has 3 aliphatic heterocycles. The fraction of sp³-hybridized carbons (Fsp3) is 0.714. The first-order chi connectivity index (χ1) is 23.0. The maximum atomic E-state index is 14.0. The molecule has 14 heteroatoms. The van der Waals surface area contributed by atoms with Crippen molar-refractivity contribution in [2.75, 3.05) is 33.2 Å². The van der Waals surface area contributed by atoms with E-state index >= 15 is 0 Å². The zero-order valence-corrected chi connectivity index (χ0v) is 30.8. The van der Waals surface area contributed by atoms with Crippen LogP contribution in [0.2, 0.25) is 5.02 Å². The smallest absolute Gasteiger partial charge is 0.409 e. The number of aliphatic hydroxyl groups is 1. The van der Waals surface area contributed by atoms with Crippen LogP contribution in [0.5, 0.6) is 5.75 Å². The molecular formula is C35H52ClN3O10. The van der Waals surface area contributed by atoms with Crippen LogP contribution in [0.4, 0.5) is 10.5 Å². The first-order valence-corrected chi connectivity index (χ1v) is 17.4. The van der Waals surface area contributed by atoms with Crippen molar-refractivity contribution in [1.29, 1.82) is 0 Å². The fourth-order valence-electron chi connectivity index (χ4n) is 7.08.